The Morgan fingerprint density at radius 1 is 1.03 bits per heavy atom. The van der Waals surface area contributed by atoms with Crippen LogP contribution in [0.5, 0.6) is 0 Å². The summed E-state index contributed by atoms with van der Waals surface area (Å²) in [6.45, 7) is 0. The van der Waals surface area contributed by atoms with Gasteiger partial charge in [-0.3, -0.25) is 9.59 Å². The molecule has 4 atom stereocenters. The third-order valence-electron chi connectivity index (χ3n) is 5.88. The van der Waals surface area contributed by atoms with Gasteiger partial charge in [0.15, 0.2) is 5.92 Å². The topological polar surface area (TPSA) is 63.6 Å². The quantitative estimate of drug-likeness (QED) is 0.253. The van der Waals surface area contributed by atoms with Crippen molar-refractivity contribution in [3.8, 4) is 0 Å². The van der Waals surface area contributed by atoms with E-state index in [4.69, 9.17) is 62.7 Å². The highest BCUT2D eigenvalue weighted by Crippen LogP contribution is 2.55. The van der Waals surface area contributed by atoms with Crippen LogP contribution in [-0.2, 0) is 20.7 Å². The van der Waals surface area contributed by atoms with Crippen molar-refractivity contribution in [3.63, 3.8) is 0 Å². The minimum atomic E-state index is -2.13. The van der Waals surface area contributed by atoms with E-state index in [0.29, 0.717) is 12.0 Å². The van der Waals surface area contributed by atoms with E-state index < -0.39 is 28.3 Å². The third-order valence-corrected chi connectivity index (χ3v) is 8.60. The van der Waals surface area contributed by atoms with E-state index in [-0.39, 0.29) is 26.6 Å². The molecule has 0 spiro atoms. The first-order valence-corrected chi connectivity index (χ1v) is 12.0. The molecule has 9 heteroatoms. The minimum absolute atomic E-state index is 0.0310. The zero-order valence-corrected chi connectivity index (χ0v) is 20.7. The predicted octanol–water partition coefficient (Wildman–Crippen LogP) is 6.87. The number of benzene rings is 2. The SMILES string of the molecule is O=C(O)C(C(=O)OC1(Cl)C(Cl)=C(C2CCc3ccccc32)C(Cl)=C(Cl)C1Cl)c1ccccc1. The van der Waals surface area contributed by atoms with E-state index >= 15 is 0 Å². The minimum Gasteiger partial charge on any atom is -0.480 e. The number of carboxylic acids is 1. The molecule has 0 heterocycles. The van der Waals surface area contributed by atoms with Gasteiger partial charge >= 0.3 is 11.9 Å². The number of alkyl halides is 2. The second kappa shape index (κ2) is 9.52. The van der Waals surface area contributed by atoms with Crippen molar-refractivity contribution in [1.82, 2.24) is 0 Å². The van der Waals surface area contributed by atoms with Gasteiger partial charge in [-0.2, -0.15) is 0 Å². The molecule has 0 aliphatic heterocycles. The maximum absolute atomic E-state index is 13.0. The Morgan fingerprint density at radius 3 is 2.33 bits per heavy atom. The van der Waals surface area contributed by atoms with E-state index in [1.165, 1.54) is 12.1 Å². The van der Waals surface area contributed by atoms with Gasteiger partial charge in [0.2, 0.25) is 5.06 Å². The molecule has 0 bridgehead atoms. The number of carbonyl (C=O) groups excluding carboxylic acids is 1. The Morgan fingerprint density at radius 2 is 1.67 bits per heavy atom. The lowest BCUT2D eigenvalue weighted by Crippen LogP contribution is -2.44. The number of ether oxygens (including phenoxy) is 1. The van der Waals surface area contributed by atoms with Gasteiger partial charge in [-0.05, 0) is 35.1 Å². The molecular formula is C24H17Cl5O4. The van der Waals surface area contributed by atoms with Gasteiger partial charge in [-0.15, -0.1) is 11.6 Å². The molecule has 172 valence electrons. The molecule has 0 amide bonds. The third kappa shape index (κ3) is 4.28. The first-order chi connectivity index (χ1) is 15.7. The van der Waals surface area contributed by atoms with Crippen LogP contribution in [0.2, 0.25) is 0 Å². The zero-order valence-electron chi connectivity index (χ0n) is 16.9. The van der Waals surface area contributed by atoms with Crippen molar-refractivity contribution in [2.45, 2.75) is 35.1 Å². The smallest absolute Gasteiger partial charge is 0.326 e. The molecule has 33 heavy (non-hydrogen) atoms. The molecule has 1 N–H and O–H groups in total. The first kappa shape index (κ1) is 24.4. The van der Waals surface area contributed by atoms with Gasteiger partial charge in [-0.1, -0.05) is 101 Å². The molecule has 0 fully saturated rings. The Kier molecular flexibility index (Phi) is 7.05. The van der Waals surface area contributed by atoms with Crippen LogP contribution in [0.25, 0.3) is 0 Å². The number of carboxylic acid groups (broad SMARTS) is 1. The maximum Gasteiger partial charge on any atom is 0.326 e. The van der Waals surface area contributed by atoms with E-state index in [0.717, 1.165) is 17.5 Å². The second-order valence-corrected chi connectivity index (χ2v) is 9.95. The number of esters is 1. The zero-order chi connectivity index (χ0) is 23.9. The highest BCUT2D eigenvalue weighted by molar-refractivity contribution is 6.51. The highest BCUT2D eigenvalue weighted by atomic mass is 35.5. The molecule has 2 aliphatic rings. The summed E-state index contributed by atoms with van der Waals surface area (Å²) in [5.74, 6) is -4.40. The van der Waals surface area contributed by atoms with E-state index in [1.54, 1.807) is 18.2 Å². The monoisotopic (exact) mass is 544 g/mol. The fraction of sp³-hybridized carbons (Fsp3) is 0.250. The summed E-state index contributed by atoms with van der Waals surface area (Å²) >= 11 is 32.9. The van der Waals surface area contributed by atoms with Crippen molar-refractivity contribution < 1.29 is 19.4 Å². The lowest BCUT2D eigenvalue weighted by molar-refractivity contribution is -0.158. The first-order valence-electron chi connectivity index (χ1n) is 10.0. The largest absolute Gasteiger partial charge is 0.480 e. The molecule has 0 radical (unpaired) electrons. The van der Waals surface area contributed by atoms with Crippen LogP contribution in [-0.4, -0.2) is 27.5 Å². The Balaban J connectivity index is 1.76. The molecule has 2 aromatic carbocycles. The molecule has 0 aromatic heterocycles. The summed E-state index contributed by atoms with van der Waals surface area (Å²) in [6.07, 6.45) is 1.49. The number of aryl methyl sites for hydroxylation is 1. The van der Waals surface area contributed by atoms with Crippen LogP contribution >= 0.6 is 58.0 Å². The van der Waals surface area contributed by atoms with Crippen molar-refractivity contribution >= 4 is 69.9 Å². The highest BCUT2D eigenvalue weighted by Gasteiger charge is 2.53. The predicted molar refractivity (Wildman–Crippen MR) is 130 cm³/mol. The van der Waals surface area contributed by atoms with Crippen LogP contribution < -0.4 is 0 Å². The average Bonchev–Trinajstić information content (AvgIpc) is 3.21. The van der Waals surface area contributed by atoms with Crippen molar-refractivity contribution in [1.29, 1.82) is 0 Å². The Bertz CT molecular complexity index is 1180. The van der Waals surface area contributed by atoms with Crippen LogP contribution in [0, 0.1) is 0 Å². The fourth-order valence-corrected chi connectivity index (χ4v) is 6.01. The number of fused-ring (bicyclic) bond motifs is 1. The van der Waals surface area contributed by atoms with Crippen LogP contribution in [0.3, 0.4) is 0 Å². The molecule has 0 saturated carbocycles. The van der Waals surface area contributed by atoms with Crippen molar-refractivity contribution in [3.05, 3.63) is 92.0 Å². The number of hydrogen-bond donors (Lipinski definition) is 1. The van der Waals surface area contributed by atoms with Crippen LogP contribution in [0.1, 0.15) is 34.9 Å². The number of rotatable bonds is 5. The molecule has 4 unspecified atom stereocenters. The van der Waals surface area contributed by atoms with E-state index in [2.05, 4.69) is 0 Å². The molecule has 2 aromatic rings. The average molecular weight is 547 g/mol. The van der Waals surface area contributed by atoms with Gasteiger partial charge in [0.05, 0.1) is 15.1 Å². The molecule has 4 nitrogen and oxygen atoms in total. The summed E-state index contributed by atoms with van der Waals surface area (Å²) in [7, 11) is 0. The number of allylic oxidation sites excluding steroid dienone is 2. The van der Waals surface area contributed by atoms with Crippen LogP contribution in [0.4, 0.5) is 0 Å². The number of halogens is 5. The molecular weight excluding hydrogens is 530 g/mol. The number of carbonyl (C=O) groups is 2. The van der Waals surface area contributed by atoms with Gasteiger partial charge in [-0.25, -0.2) is 0 Å². The summed E-state index contributed by atoms with van der Waals surface area (Å²) in [5.41, 5.74) is 2.79. The van der Waals surface area contributed by atoms with Gasteiger partial charge in [0, 0.05) is 5.92 Å². The summed E-state index contributed by atoms with van der Waals surface area (Å²) < 4.78 is 5.52. The summed E-state index contributed by atoms with van der Waals surface area (Å²) in [5, 5.41) is 6.26. The van der Waals surface area contributed by atoms with Gasteiger partial charge in [0.1, 0.15) is 5.38 Å². The number of hydrogen-bond acceptors (Lipinski definition) is 3. The normalized spacial score (nSPS) is 25.6. The fourth-order valence-electron chi connectivity index (χ4n) is 4.28. The lowest BCUT2D eigenvalue weighted by atomic mass is 9.87. The van der Waals surface area contributed by atoms with Crippen molar-refractivity contribution in [2.75, 3.05) is 0 Å². The van der Waals surface area contributed by atoms with E-state index in [9.17, 15) is 14.7 Å². The maximum atomic E-state index is 13.0. The van der Waals surface area contributed by atoms with Gasteiger partial charge in [0.25, 0.3) is 0 Å². The summed E-state index contributed by atoms with van der Waals surface area (Å²) in [4.78, 5) is 24.9. The Hall–Kier alpha value is -1.69. The molecule has 2 aliphatic carbocycles. The Labute approximate surface area is 215 Å². The van der Waals surface area contributed by atoms with Crippen molar-refractivity contribution in [2.24, 2.45) is 0 Å². The number of aliphatic carboxylic acids is 1. The van der Waals surface area contributed by atoms with Gasteiger partial charge < -0.3 is 9.84 Å². The van der Waals surface area contributed by atoms with E-state index in [1.807, 2.05) is 24.3 Å². The standard InChI is InChI=1S/C24H17Cl5O4/c25-18-17(15-11-10-12-6-4-5-9-14(12)15)20(27)24(29,21(28)19(18)26)33-23(32)16(22(30)31)13-7-2-1-3-8-13/h1-9,15-16,21H,10-11H2,(H,30,31). The molecule has 0 saturated heterocycles. The lowest BCUT2D eigenvalue weighted by Gasteiger charge is -2.38. The summed E-state index contributed by atoms with van der Waals surface area (Å²) in [6, 6.07) is 15.8. The molecule has 4 rings (SSSR count). The van der Waals surface area contributed by atoms with Crippen LogP contribution in [0.15, 0.2) is 75.3 Å². The second-order valence-electron chi connectivity index (χ2n) is 7.79.